The van der Waals surface area contributed by atoms with Crippen LogP contribution < -0.4 is 10.6 Å². The number of likely N-dealkylation sites (N-methyl/N-ethyl adjacent to an activating group) is 1. The molecule has 52 heavy (non-hydrogen) atoms. The highest BCUT2D eigenvalue weighted by atomic mass is 16.6. The van der Waals surface area contributed by atoms with Crippen molar-refractivity contribution in [1.82, 2.24) is 10.6 Å². The molecular weight excluding hydrogens is 645 g/mol. The van der Waals surface area contributed by atoms with Crippen LogP contribution in [0.1, 0.15) is 214 Å². The van der Waals surface area contributed by atoms with Crippen molar-refractivity contribution in [2.45, 2.75) is 226 Å². The fourth-order valence-electron chi connectivity index (χ4n) is 6.48. The molecule has 0 rings (SSSR count). The second-order valence-electron chi connectivity index (χ2n) is 15.1. The van der Waals surface area contributed by atoms with E-state index >= 15 is 0 Å². The highest BCUT2D eigenvalue weighted by Gasteiger charge is 2.16. The van der Waals surface area contributed by atoms with Gasteiger partial charge in [0.1, 0.15) is 6.61 Å². The van der Waals surface area contributed by atoms with Crippen molar-refractivity contribution in [3.8, 4) is 0 Å². The van der Waals surface area contributed by atoms with Gasteiger partial charge in [-0.1, -0.05) is 168 Å². The molecule has 0 aromatic rings. The number of alkyl carbamates (subject to hydrolysis) is 1. The van der Waals surface area contributed by atoms with Gasteiger partial charge in [-0.3, -0.25) is 0 Å². The van der Waals surface area contributed by atoms with Crippen molar-refractivity contribution in [1.29, 1.82) is 0 Å². The van der Waals surface area contributed by atoms with Crippen molar-refractivity contribution >= 4 is 6.09 Å². The van der Waals surface area contributed by atoms with Crippen molar-refractivity contribution in [3.63, 3.8) is 0 Å². The number of amides is 1. The zero-order chi connectivity index (χ0) is 37.8. The van der Waals surface area contributed by atoms with E-state index in [4.69, 9.17) is 14.2 Å². The molecule has 0 bridgehead atoms. The minimum Gasteiger partial charge on any atom is -0.448 e. The minimum absolute atomic E-state index is 0.180. The summed E-state index contributed by atoms with van der Waals surface area (Å²) in [5.74, 6) is 0. The van der Waals surface area contributed by atoms with Gasteiger partial charge in [0.2, 0.25) is 0 Å². The van der Waals surface area contributed by atoms with Crippen LogP contribution in [0.25, 0.3) is 0 Å². The molecule has 0 aromatic carbocycles. The Balaban J connectivity index is 4.03. The molecule has 6 heteroatoms. The number of hydrogen-bond acceptors (Lipinski definition) is 5. The molecule has 0 aliphatic heterocycles. The number of nitrogens with one attached hydrogen (secondary N) is 2. The summed E-state index contributed by atoms with van der Waals surface area (Å²) >= 11 is 0. The van der Waals surface area contributed by atoms with Crippen molar-refractivity contribution in [3.05, 3.63) is 24.3 Å². The second-order valence-corrected chi connectivity index (χ2v) is 15.1. The van der Waals surface area contributed by atoms with Crippen LogP contribution in [0.5, 0.6) is 0 Å². The SMILES string of the molecule is CCCCCCCCC=CCCCCCCCCOCC(COCCCCCCCCC=CCCCCCCCC)NC(=O)OCC(CC)NCC. The second kappa shape index (κ2) is 44.0. The molecule has 2 N–H and O–H groups in total. The van der Waals surface area contributed by atoms with E-state index in [1.54, 1.807) is 0 Å². The Hall–Kier alpha value is -1.37. The fraction of sp³-hybridized carbons (Fsp3) is 0.891. The number of rotatable bonds is 42. The molecule has 0 saturated carbocycles. The van der Waals surface area contributed by atoms with E-state index in [0.717, 1.165) is 39.0 Å². The van der Waals surface area contributed by atoms with Gasteiger partial charge in [-0.25, -0.2) is 4.79 Å². The molecule has 0 spiro atoms. The van der Waals surface area contributed by atoms with Crippen LogP contribution >= 0.6 is 0 Å². The molecule has 308 valence electrons. The first kappa shape index (κ1) is 50.6. The van der Waals surface area contributed by atoms with Gasteiger partial charge in [-0.15, -0.1) is 0 Å². The largest absolute Gasteiger partial charge is 0.448 e. The summed E-state index contributed by atoms with van der Waals surface area (Å²) < 4.78 is 17.6. The fourth-order valence-corrected chi connectivity index (χ4v) is 6.48. The molecule has 1 amide bonds. The molecule has 0 fully saturated rings. The molecule has 0 aliphatic carbocycles. The first-order valence-electron chi connectivity index (χ1n) is 22.8. The molecule has 1 unspecified atom stereocenters. The zero-order valence-electron chi connectivity index (χ0n) is 35.3. The lowest BCUT2D eigenvalue weighted by Crippen LogP contribution is -2.43. The quantitative estimate of drug-likeness (QED) is 0.0483. The van der Waals surface area contributed by atoms with Crippen LogP contribution in [0.2, 0.25) is 0 Å². The van der Waals surface area contributed by atoms with Crippen molar-refractivity contribution < 1.29 is 19.0 Å². The van der Waals surface area contributed by atoms with E-state index < -0.39 is 0 Å². The van der Waals surface area contributed by atoms with E-state index in [2.05, 4.69) is 62.6 Å². The maximum Gasteiger partial charge on any atom is 0.407 e. The van der Waals surface area contributed by atoms with Gasteiger partial charge in [0.15, 0.2) is 0 Å². The van der Waals surface area contributed by atoms with E-state index in [1.165, 1.54) is 167 Å². The van der Waals surface area contributed by atoms with E-state index in [-0.39, 0.29) is 18.2 Å². The van der Waals surface area contributed by atoms with Gasteiger partial charge < -0.3 is 24.8 Å². The predicted octanol–water partition coefficient (Wildman–Crippen LogP) is 13.6. The Labute approximate surface area is 324 Å². The number of carbonyl (C=O) groups is 1. The Kier molecular flexibility index (Phi) is 42.9. The number of ether oxygens (including phenoxy) is 3. The van der Waals surface area contributed by atoms with Crippen LogP contribution in [0.3, 0.4) is 0 Å². The van der Waals surface area contributed by atoms with Crippen LogP contribution in [-0.2, 0) is 14.2 Å². The van der Waals surface area contributed by atoms with Gasteiger partial charge in [0.25, 0.3) is 0 Å². The molecule has 6 nitrogen and oxygen atoms in total. The lowest BCUT2D eigenvalue weighted by molar-refractivity contribution is 0.0483. The molecule has 0 saturated heterocycles. The van der Waals surface area contributed by atoms with Crippen LogP contribution in [0.4, 0.5) is 4.79 Å². The number of unbranched alkanes of at least 4 members (excludes halogenated alkanes) is 24. The Bertz CT molecular complexity index is 713. The molecule has 0 heterocycles. The first-order chi connectivity index (χ1) is 25.7. The van der Waals surface area contributed by atoms with E-state index in [9.17, 15) is 4.79 Å². The Morgan fingerprint density at radius 2 is 0.827 bits per heavy atom. The summed E-state index contributed by atoms with van der Waals surface area (Å²) in [6.45, 7) is 12.3. The van der Waals surface area contributed by atoms with Gasteiger partial charge in [0.05, 0.1) is 19.3 Å². The van der Waals surface area contributed by atoms with Gasteiger partial charge in [-0.05, 0) is 77.2 Å². The van der Waals surface area contributed by atoms with Gasteiger partial charge in [0, 0.05) is 19.3 Å². The Morgan fingerprint density at radius 1 is 0.462 bits per heavy atom. The summed E-state index contributed by atoms with van der Waals surface area (Å²) in [5.41, 5.74) is 0. The highest BCUT2D eigenvalue weighted by molar-refractivity contribution is 5.67. The lowest BCUT2D eigenvalue weighted by Gasteiger charge is -2.21. The third-order valence-electron chi connectivity index (χ3n) is 9.96. The maximum atomic E-state index is 12.6. The topological polar surface area (TPSA) is 68.8 Å². The third-order valence-corrected chi connectivity index (χ3v) is 9.96. The molecule has 1 atom stereocenters. The monoisotopic (exact) mass is 735 g/mol. The summed E-state index contributed by atoms with van der Waals surface area (Å²) in [7, 11) is 0. The van der Waals surface area contributed by atoms with Crippen LogP contribution in [0, 0.1) is 0 Å². The maximum absolute atomic E-state index is 12.6. The van der Waals surface area contributed by atoms with Crippen LogP contribution in [0.15, 0.2) is 24.3 Å². The molecular formula is C46H90N2O4. The van der Waals surface area contributed by atoms with E-state index in [1.807, 2.05) is 0 Å². The van der Waals surface area contributed by atoms with Crippen molar-refractivity contribution in [2.24, 2.45) is 0 Å². The molecule has 0 aliphatic rings. The molecule has 0 radical (unpaired) electrons. The van der Waals surface area contributed by atoms with Crippen LogP contribution in [-0.4, -0.2) is 57.8 Å². The normalized spacial score (nSPS) is 13.0. The standard InChI is InChI=1S/C46H90N2O4/c1-5-9-11-13-15-17-19-21-23-25-27-29-31-33-35-37-39-50-41-45(48-46(49)52-43-44(7-3)47-8-4)42-51-40-38-36-34-32-30-28-26-24-22-20-18-16-14-12-10-6-2/h21-24,44-45,47H,5-20,25-43H2,1-4H3,(H,48,49). The average Bonchev–Trinajstić information content (AvgIpc) is 3.15. The summed E-state index contributed by atoms with van der Waals surface area (Å²) in [5, 5.41) is 6.36. The summed E-state index contributed by atoms with van der Waals surface area (Å²) in [6.07, 6.45) is 46.5. The van der Waals surface area contributed by atoms with Gasteiger partial charge >= 0.3 is 6.09 Å². The number of hydrogen-bond donors (Lipinski definition) is 2. The number of carbonyl (C=O) groups excluding carboxylic acids is 1. The zero-order valence-corrected chi connectivity index (χ0v) is 35.3. The summed E-state index contributed by atoms with van der Waals surface area (Å²) in [4.78, 5) is 12.6. The first-order valence-corrected chi connectivity index (χ1v) is 22.8. The summed E-state index contributed by atoms with van der Waals surface area (Å²) in [6, 6.07) is -0.0191. The smallest absolute Gasteiger partial charge is 0.407 e. The number of allylic oxidation sites excluding steroid dienone is 4. The molecule has 0 aromatic heterocycles. The average molecular weight is 735 g/mol. The Morgan fingerprint density at radius 3 is 1.19 bits per heavy atom. The van der Waals surface area contributed by atoms with Crippen molar-refractivity contribution in [2.75, 3.05) is 39.6 Å². The predicted molar refractivity (Wildman–Crippen MR) is 227 cm³/mol. The third kappa shape index (κ3) is 39.8. The van der Waals surface area contributed by atoms with Gasteiger partial charge in [-0.2, -0.15) is 0 Å². The lowest BCUT2D eigenvalue weighted by atomic mass is 10.1. The minimum atomic E-state index is -0.386. The van der Waals surface area contributed by atoms with E-state index in [0.29, 0.717) is 19.8 Å². The highest BCUT2D eigenvalue weighted by Crippen LogP contribution is 2.12.